The fraction of sp³-hybridized carbons (Fsp3) is 0.250. The highest BCUT2D eigenvalue weighted by Crippen LogP contribution is 2.39. The van der Waals surface area contributed by atoms with Gasteiger partial charge in [-0.25, -0.2) is 0 Å². The molecule has 1 aromatic rings. The van der Waals surface area contributed by atoms with Gasteiger partial charge < -0.3 is 5.73 Å². The fourth-order valence-electron chi connectivity index (χ4n) is 0.998. The Kier molecular flexibility index (Phi) is 3.73. The molecule has 0 aromatic heterocycles. The summed E-state index contributed by atoms with van der Waals surface area (Å²) in [6, 6.07) is 1.27. The van der Waals surface area contributed by atoms with Crippen LogP contribution in [0.5, 0.6) is 0 Å². The van der Waals surface area contributed by atoms with Crippen LogP contribution >= 0.6 is 46.4 Å². The molecule has 0 spiro atoms. The number of rotatable bonds is 1. The Hall–Kier alpha value is 0.340. The van der Waals surface area contributed by atoms with Gasteiger partial charge >= 0.3 is 0 Å². The highest BCUT2D eigenvalue weighted by atomic mass is 35.5. The van der Waals surface area contributed by atoms with Gasteiger partial charge in [-0.3, -0.25) is 0 Å². The van der Waals surface area contributed by atoms with Gasteiger partial charge in [-0.1, -0.05) is 46.4 Å². The van der Waals surface area contributed by atoms with Gasteiger partial charge in [-0.15, -0.1) is 0 Å². The summed E-state index contributed by atoms with van der Waals surface area (Å²) in [5.41, 5.74) is 6.29. The Morgan fingerprint density at radius 3 is 2.08 bits per heavy atom. The molecule has 0 heterocycles. The second-order valence-electron chi connectivity index (χ2n) is 2.67. The monoisotopic (exact) mass is 257 g/mol. The highest BCUT2D eigenvalue weighted by Gasteiger charge is 2.15. The van der Waals surface area contributed by atoms with E-state index in [1.165, 1.54) is 6.07 Å². The molecule has 0 aliphatic rings. The van der Waals surface area contributed by atoms with Gasteiger partial charge in [0.2, 0.25) is 0 Å². The van der Waals surface area contributed by atoms with Crippen molar-refractivity contribution in [2.24, 2.45) is 5.73 Å². The van der Waals surface area contributed by atoms with Crippen LogP contribution in [0.4, 0.5) is 0 Å². The van der Waals surface area contributed by atoms with Crippen molar-refractivity contribution in [3.05, 3.63) is 31.7 Å². The lowest BCUT2D eigenvalue weighted by atomic mass is 10.1. The molecule has 1 atom stereocenters. The van der Waals surface area contributed by atoms with Gasteiger partial charge in [0.15, 0.2) is 0 Å². The van der Waals surface area contributed by atoms with Crippen LogP contribution < -0.4 is 5.73 Å². The molecule has 72 valence electrons. The molecule has 0 fully saturated rings. The van der Waals surface area contributed by atoms with E-state index < -0.39 is 0 Å². The predicted octanol–water partition coefficient (Wildman–Crippen LogP) is 4.32. The Labute approximate surface area is 96.7 Å². The smallest absolute Gasteiger partial charge is 0.0782 e. The van der Waals surface area contributed by atoms with E-state index in [1.807, 2.05) is 0 Å². The Morgan fingerprint density at radius 1 is 1.08 bits per heavy atom. The van der Waals surface area contributed by atoms with Crippen LogP contribution in [0.3, 0.4) is 0 Å². The lowest BCUT2D eigenvalue weighted by molar-refractivity contribution is 0.819. The summed E-state index contributed by atoms with van der Waals surface area (Å²) in [6.07, 6.45) is 0. The van der Waals surface area contributed by atoms with Gasteiger partial charge in [0, 0.05) is 16.6 Å². The zero-order chi connectivity index (χ0) is 10.2. The van der Waals surface area contributed by atoms with Crippen molar-refractivity contribution in [1.82, 2.24) is 0 Å². The number of halogens is 4. The lowest BCUT2D eigenvalue weighted by Gasteiger charge is -2.12. The van der Waals surface area contributed by atoms with Gasteiger partial charge in [0.25, 0.3) is 0 Å². The maximum Gasteiger partial charge on any atom is 0.0782 e. The van der Waals surface area contributed by atoms with Crippen molar-refractivity contribution in [2.45, 2.75) is 13.0 Å². The number of hydrogen-bond donors (Lipinski definition) is 1. The summed E-state index contributed by atoms with van der Waals surface area (Å²) in [4.78, 5) is 0. The van der Waals surface area contributed by atoms with E-state index in [-0.39, 0.29) is 6.04 Å². The maximum absolute atomic E-state index is 5.92. The average molecular weight is 259 g/mol. The highest BCUT2D eigenvalue weighted by molar-refractivity contribution is 6.49. The van der Waals surface area contributed by atoms with E-state index in [4.69, 9.17) is 52.1 Å². The number of benzene rings is 1. The quantitative estimate of drug-likeness (QED) is 0.589. The summed E-state index contributed by atoms with van der Waals surface area (Å²) in [7, 11) is 0. The molecule has 5 heteroatoms. The Bertz CT molecular complexity index is 335. The van der Waals surface area contributed by atoms with Crippen LogP contribution in [0.1, 0.15) is 18.5 Å². The van der Waals surface area contributed by atoms with Crippen LogP contribution in [0.25, 0.3) is 0 Å². The van der Waals surface area contributed by atoms with Crippen LogP contribution in [0.2, 0.25) is 20.1 Å². The van der Waals surface area contributed by atoms with E-state index in [0.29, 0.717) is 25.7 Å². The second kappa shape index (κ2) is 4.24. The molecule has 0 unspecified atom stereocenters. The molecule has 0 saturated carbocycles. The first kappa shape index (κ1) is 11.4. The van der Waals surface area contributed by atoms with Crippen molar-refractivity contribution >= 4 is 46.4 Å². The lowest BCUT2D eigenvalue weighted by Crippen LogP contribution is -2.06. The van der Waals surface area contributed by atoms with Crippen LogP contribution in [-0.2, 0) is 0 Å². The van der Waals surface area contributed by atoms with Crippen LogP contribution in [0, 0.1) is 0 Å². The molecule has 0 bridgehead atoms. The van der Waals surface area contributed by atoms with Crippen molar-refractivity contribution in [1.29, 1.82) is 0 Å². The van der Waals surface area contributed by atoms with Crippen molar-refractivity contribution in [3.8, 4) is 0 Å². The molecule has 0 radical (unpaired) electrons. The predicted molar refractivity (Wildman–Crippen MR) is 59.1 cm³/mol. The molecular formula is C8H7Cl4N. The largest absolute Gasteiger partial charge is 0.324 e. The normalized spacial score (nSPS) is 13.1. The summed E-state index contributed by atoms with van der Waals surface area (Å²) in [5.74, 6) is 0. The Morgan fingerprint density at radius 2 is 1.62 bits per heavy atom. The zero-order valence-corrected chi connectivity index (χ0v) is 9.77. The standard InChI is InChI=1S/C8H7Cl4N/c1-3(13)6-4(9)2-5(10)7(11)8(6)12/h2-3H,13H2,1H3/t3-/m0/s1. The molecule has 1 aromatic carbocycles. The minimum absolute atomic E-state index is 0.269. The molecule has 0 amide bonds. The summed E-state index contributed by atoms with van der Waals surface area (Å²) < 4.78 is 0. The zero-order valence-electron chi connectivity index (χ0n) is 6.74. The molecule has 1 nitrogen and oxygen atoms in total. The van der Waals surface area contributed by atoms with Crippen molar-refractivity contribution in [3.63, 3.8) is 0 Å². The first-order valence-corrected chi connectivity index (χ1v) is 5.04. The van der Waals surface area contributed by atoms with Crippen LogP contribution in [0.15, 0.2) is 6.07 Å². The van der Waals surface area contributed by atoms with Gasteiger partial charge in [0.1, 0.15) is 0 Å². The third-order valence-corrected chi connectivity index (χ3v) is 3.19. The summed E-state index contributed by atoms with van der Waals surface area (Å²) >= 11 is 23.4. The molecular weight excluding hydrogens is 252 g/mol. The molecule has 13 heavy (non-hydrogen) atoms. The molecule has 0 aliphatic carbocycles. The Balaban J connectivity index is 3.44. The van der Waals surface area contributed by atoms with E-state index in [1.54, 1.807) is 6.92 Å². The SMILES string of the molecule is C[C@H](N)c1c(Cl)cc(Cl)c(Cl)c1Cl. The first-order chi connectivity index (χ1) is 5.95. The van der Waals surface area contributed by atoms with E-state index in [2.05, 4.69) is 0 Å². The molecule has 1 rings (SSSR count). The van der Waals surface area contributed by atoms with Crippen LogP contribution in [-0.4, -0.2) is 0 Å². The fourth-order valence-corrected chi connectivity index (χ4v) is 2.26. The first-order valence-electron chi connectivity index (χ1n) is 3.53. The topological polar surface area (TPSA) is 26.0 Å². The third-order valence-electron chi connectivity index (χ3n) is 1.60. The van der Waals surface area contributed by atoms with E-state index in [0.717, 1.165) is 0 Å². The summed E-state index contributed by atoms with van der Waals surface area (Å²) in [5, 5.41) is 1.39. The molecule has 0 aliphatic heterocycles. The van der Waals surface area contributed by atoms with E-state index in [9.17, 15) is 0 Å². The molecule has 2 N–H and O–H groups in total. The third kappa shape index (κ3) is 2.23. The van der Waals surface area contributed by atoms with Gasteiger partial charge in [-0.05, 0) is 13.0 Å². The maximum atomic E-state index is 5.92. The molecule has 0 saturated heterocycles. The number of hydrogen-bond acceptors (Lipinski definition) is 1. The minimum atomic E-state index is -0.269. The van der Waals surface area contributed by atoms with Gasteiger partial charge in [0.05, 0.1) is 15.1 Å². The average Bonchev–Trinajstić information content (AvgIpc) is 1.99. The van der Waals surface area contributed by atoms with E-state index >= 15 is 0 Å². The van der Waals surface area contributed by atoms with Gasteiger partial charge in [-0.2, -0.15) is 0 Å². The second-order valence-corrected chi connectivity index (χ2v) is 4.24. The van der Waals surface area contributed by atoms with Crippen molar-refractivity contribution < 1.29 is 0 Å². The minimum Gasteiger partial charge on any atom is -0.324 e. The number of nitrogens with two attached hydrogens (primary N) is 1. The van der Waals surface area contributed by atoms with Crippen molar-refractivity contribution in [2.75, 3.05) is 0 Å². The summed E-state index contributed by atoms with van der Waals surface area (Å²) in [6.45, 7) is 1.78.